The molecule has 1 amide bonds. The predicted molar refractivity (Wildman–Crippen MR) is 106 cm³/mol. The Morgan fingerprint density at radius 3 is 2.42 bits per heavy atom. The smallest absolute Gasteiger partial charge is 0.261 e. The number of carbonyl (C=O) groups is 1. The van der Waals surface area contributed by atoms with Gasteiger partial charge in [-0.2, -0.15) is 0 Å². The van der Waals surface area contributed by atoms with Gasteiger partial charge in [-0.3, -0.25) is 9.52 Å². The number of nitrogens with one attached hydrogen (secondary N) is 3. The number of hydrogen-bond donors (Lipinski definition) is 3. The highest BCUT2D eigenvalue weighted by atomic mass is 35.5. The minimum Gasteiger partial charge on any atom is -0.350 e. The van der Waals surface area contributed by atoms with Crippen molar-refractivity contribution in [1.29, 1.82) is 0 Å². The lowest BCUT2D eigenvalue weighted by atomic mass is 10.2. The van der Waals surface area contributed by atoms with E-state index < -0.39 is 10.0 Å². The van der Waals surface area contributed by atoms with Crippen LogP contribution >= 0.6 is 12.4 Å². The van der Waals surface area contributed by atoms with E-state index in [4.69, 9.17) is 0 Å². The van der Waals surface area contributed by atoms with Gasteiger partial charge in [-0.1, -0.05) is 31.2 Å². The average molecular weight is 398 g/mol. The summed E-state index contributed by atoms with van der Waals surface area (Å²) in [5.41, 5.74) is 0.744. The maximum atomic E-state index is 12.3. The van der Waals surface area contributed by atoms with E-state index in [2.05, 4.69) is 15.4 Å². The molecule has 0 heterocycles. The van der Waals surface area contributed by atoms with Gasteiger partial charge in [0.15, 0.2) is 0 Å². The summed E-state index contributed by atoms with van der Waals surface area (Å²) in [5.74, 6) is -0.245. The van der Waals surface area contributed by atoms with Crippen molar-refractivity contribution in [2.24, 2.45) is 0 Å². The molecular formula is C18H24ClN3O3S. The fraction of sp³-hybridized carbons (Fsp3) is 0.278. The SMILES string of the molecule is CCN[C@H](C)CNC(=O)c1cccc(NS(=O)(=O)c2ccccc2)c1.Cl. The first-order valence-corrected chi connectivity index (χ1v) is 9.60. The van der Waals surface area contributed by atoms with E-state index in [1.54, 1.807) is 36.4 Å². The maximum Gasteiger partial charge on any atom is 0.261 e. The van der Waals surface area contributed by atoms with Crippen molar-refractivity contribution in [3.63, 3.8) is 0 Å². The van der Waals surface area contributed by atoms with Crippen molar-refractivity contribution in [2.75, 3.05) is 17.8 Å². The van der Waals surface area contributed by atoms with Gasteiger partial charge in [0, 0.05) is 23.8 Å². The highest BCUT2D eigenvalue weighted by Crippen LogP contribution is 2.17. The van der Waals surface area contributed by atoms with E-state index in [0.29, 0.717) is 17.8 Å². The second-order valence-corrected chi connectivity index (χ2v) is 7.35. The first-order valence-electron chi connectivity index (χ1n) is 8.12. The zero-order valence-electron chi connectivity index (χ0n) is 14.7. The Bertz CT molecular complexity index is 813. The van der Waals surface area contributed by atoms with Gasteiger partial charge in [-0.25, -0.2) is 8.42 Å². The first-order chi connectivity index (χ1) is 11.9. The topological polar surface area (TPSA) is 87.3 Å². The lowest BCUT2D eigenvalue weighted by molar-refractivity contribution is 0.0950. The second kappa shape index (κ2) is 10.2. The van der Waals surface area contributed by atoms with Gasteiger partial charge in [-0.15, -0.1) is 12.4 Å². The Labute approximate surface area is 160 Å². The summed E-state index contributed by atoms with van der Waals surface area (Å²) in [6.07, 6.45) is 0. The van der Waals surface area contributed by atoms with E-state index in [1.165, 1.54) is 18.2 Å². The number of halogens is 1. The molecule has 0 bridgehead atoms. The van der Waals surface area contributed by atoms with Crippen molar-refractivity contribution < 1.29 is 13.2 Å². The van der Waals surface area contributed by atoms with E-state index in [1.807, 2.05) is 13.8 Å². The summed E-state index contributed by atoms with van der Waals surface area (Å²) in [6, 6.07) is 14.7. The van der Waals surface area contributed by atoms with E-state index in [-0.39, 0.29) is 29.3 Å². The molecule has 0 aliphatic carbocycles. The Hall–Kier alpha value is -2.09. The molecule has 0 saturated carbocycles. The standard InChI is InChI=1S/C18H23N3O3S.ClH/c1-3-19-14(2)13-20-18(22)15-8-7-9-16(12-15)21-25(23,24)17-10-5-4-6-11-17;/h4-12,14,19,21H,3,13H2,1-2H3,(H,20,22);1H/t14-;/m1./s1. The van der Waals surface area contributed by atoms with Crippen molar-refractivity contribution in [3.05, 3.63) is 60.2 Å². The molecule has 0 spiro atoms. The summed E-state index contributed by atoms with van der Waals surface area (Å²) in [4.78, 5) is 12.4. The normalized spacial score (nSPS) is 11.9. The van der Waals surface area contributed by atoms with Crippen LogP contribution in [0.25, 0.3) is 0 Å². The van der Waals surface area contributed by atoms with Crippen molar-refractivity contribution in [2.45, 2.75) is 24.8 Å². The molecule has 0 aliphatic heterocycles. The minimum atomic E-state index is -3.68. The number of amides is 1. The van der Waals surface area contributed by atoms with Crippen LogP contribution in [0.15, 0.2) is 59.5 Å². The lowest BCUT2D eigenvalue weighted by Crippen LogP contribution is -2.38. The van der Waals surface area contributed by atoms with Crippen molar-refractivity contribution >= 4 is 34.0 Å². The van der Waals surface area contributed by atoms with Crippen LogP contribution in [0, 0.1) is 0 Å². The maximum absolute atomic E-state index is 12.3. The van der Waals surface area contributed by atoms with Crippen LogP contribution in [-0.4, -0.2) is 33.5 Å². The molecule has 2 aromatic carbocycles. The summed E-state index contributed by atoms with van der Waals surface area (Å²) in [6.45, 7) is 5.30. The molecule has 6 nitrogen and oxygen atoms in total. The molecule has 26 heavy (non-hydrogen) atoms. The lowest BCUT2D eigenvalue weighted by Gasteiger charge is -2.14. The molecule has 0 aromatic heterocycles. The molecule has 8 heteroatoms. The predicted octanol–water partition coefficient (Wildman–Crippen LogP) is 2.64. The summed E-state index contributed by atoms with van der Waals surface area (Å²) in [7, 11) is -3.68. The molecule has 0 saturated heterocycles. The molecular weight excluding hydrogens is 374 g/mol. The number of likely N-dealkylation sites (N-methyl/N-ethyl adjacent to an activating group) is 1. The van der Waals surface area contributed by atoms with Gasteiger partial charge in [0.1, 0.15) is 0 Å². The number of benzene rings is 2. The Morgan fingerprint density at radius 1 is 1.08 bits per heavy atom. The van der Waals surface area contributed by atoms with Crippen LogP contribution in [0.1, 0.15) is 24.2 Å². The van der Waals surface area contributed by atoms with Crippen LogP contribution in [0.2, 0.25) is 0 Å². The number of hydrogen-bond acceptors (Lipinski definition) is 4. The molecule has 1 atom stereocenters. The number of sulfonamides is 1. The molecule has 2 aromatic rings. The van der Waals surface area contributed by atoms with Gasteiger partial charge in [-0.05, 0) is 43.8 Å². The van der Waals surface area contributed by atoms with Crippen LogP contribution in [0.4, 0.5) is 5.69 Å². The molecule has 0 unspecified atom stereocenters. The summed E-state index contributed by atoms with van der Waals surface area (Å²) < 4.78 is 27.2. The highest BCUT2D eigenvalue weighted by Gasteiger charge is 2.14. The third kappa shape index (κ3) is 6.33. The first kappa shape index (κ1) is 22.0. The fourth-order valence-corrected chi connectivity index (χ4v) is 3.38. The molecule has 0 radical (unpaired) electrons. The number of anilines is 1. The molecule has 142 valence electrons. The van der Waals surface area contributed by atoms with Crippen molar-refractivity contribution in [3.8, 4) is 0 Å². The van der Waals surface area contributed by atoms with Crippen LogP contribution in [-0.2, 0) is 10.0 Å². The Morgan fingerprint density at radius 2 is 1.77 bits per heavy atom. The Balaban J connectivity index is 0.00000338. The minimum absolute atomic E-state index is 0. The summed E-state index contributed by atoms with van der Waals surface area (Å²) in [5, 5.41) is 6.03. The zero-order valence-corrected chi connectivity index (χ0v) is 16.4. The van der Waals surface area contributed by atoms with Gasteiger partial charge in [0.05, 0.1) is 4.90 Å². The van der Waals surface area contributed by atoms with Crippen LogP contribution in [0.3, 0.4) is 0 Å². The third-order valence-corrected chi connectivity index (χ3v) is 4.95. The van der Waals surface area contributed by atoms with Gasteiger partial charge < -0.3 is 10.6 Å². The number of rotatable bonds is 8. The highest BCUT2D eigenvalue weighted by molar-refractivity contribution is 7.92. The van der Waals surface area contributed by atoms with Crippen LogP contribution < -0.4 is 15.4 Å². The fourth-order valence-electron chi connectivity index (χ4n) is 2.31. The van der Waals surface area contributed by atoms with Gasteiger partial charge in [0.2, 0.25) is 0 Å². The molecule has 0 fully saturated rings. The Kier molecular flexibility index (Phi) is 8.57. The van der Waals surface area contributed by atoms with E-state index in [0.717, 1.165) is 6.54 Å². The van der Waals surface area contributed by atoms with E-state index in [9.17, 15) is 13.2 Å². The second-order valence-electron chi connectivity index (χ2n) is 5.67. The molecule has 3 N–H and O–H groups in total. The average Bonchev–Trinajstić information content (AvgIpc) is 2.60. The van der Waals surface area contributed by atoms with Crippen LogP contribution in [0.5, 0.6) is 0 Å². The molecule has 2 rings (SSSR count). The van der Waals surface area contributed by atoms with Crippen molar-refractivity contribution in [1.82, 2.24) is 10.6 Å². The summed E-state index contributed by atoms with van der Waals surface area (Å²) >= 11 is 0. The van der Waals surface area contributed by atoms with Gasteiger partial charge >= 0.3 is 0 Å². The molecule has 0 aliphatic rings. The quantitative estimate of drug-likeness (QED) is 0.639. The number of carbonyl (C=O) groups excluding carboxylic acids is 1. The van der Waals surface area contributed by atoms with Gasteiger partial charge in [0.25, 0.3) is 15.9 Å². The zero-order chi connectivity index (χ0) is 18.3. The van der Waals surface area contributed by atoms with E-state index >= 15 is 0 Å². The third-order valence-electron chi connectivity index (χ3n) is 3.55. The largest absolute Gasteiger partial charge is 0.350 e. The monoisotopic (exact) mass is 397 g/mol.